The molecule has 0 spiro atoms. The highest BCUT2D eigenvalue weighted by Gasteiger charge is 2.38. The fraction of sp³-hybridized carbons (Fsp3) is 0.400. The minimum atomic E-state index is -0.364. The maximum absolute atomic E-state index is 13.1. The Morgan fingerprint density at radius 2 is 1.89 bits per heavy atom. The number of hydrogen-bond acceptors (Lipinski definition) is 5. The average Bonchev–Trinajstić information content (AvgIpc) is 3.11. The molecule has 1 aromatic heterocycles. The monoisotopic (exact) mass is 384 g/mol. The molecule has 1 aromatic carbocycles. The lowest BCUT2D eigenvalue weighted by molar-refractivity contribution is -0.137. The van der Waals surface area contributed by atoms with Gasteiger partial charge in [-0.25, -0.2) is 14.4 Å². The number of carbonyl (C=O) groups is 2. The van der Waals surface area contributed by atoms with Gasteiger partial charge >= 0.3 is 0 Å². The zero-order valence-electron chi connectivity index (χ0n) is 15.3. The molecule has 146 valence electrons. The van der Waals surface area contributed by atoms with Gasteiger partial charge in [0.1, 0.15) is 18.2 Å². The molecule has 3 heterocycles. The molecule has 1 unspecified atom stereocenters. The zero-order chi connectivity index (χ0) is 19.5. The van der Waals surface area contributed by atoms with Crippen molar-refractivity contribution in [2.75, 3.05) is 24.5 Å². The lowest BCUT2D eigenvalue weighted by atomic mass is 10.0. The summed E-state index contributed by atoms with van der Waals surface area (Å²) in [6.07, 6.45) is 4.71. The van der Waals surface area contributed by atoms with Crippen LogP contribution >= 0.6 is 0 Å². The SMILES string of the molecule is O=C(C1CC(=O)N(c2ccc(F)cc2)C1)N1CCC(Oc2ccncn2)CC1. The fourth-order valence-electron chi connectivity index (χ4n) is 3.71. The number of amides is 2. The second-order valence-electron chi connectivity index (χ2n) is 7.07. The number of aromatic nitrogens is 2. The molecule has 1 atom stereocenters. The van der Waals surface area contributed by atoms with Crippen molar-refractivity contribution in [1.29, 1.82) is 0 Å². The van der Waals surface area contributed by atoms with Crippen LogP contribution in [0.5, 0.6) is 5.88 Å². The van der Waals surface area contributed by atoms with E-state index in [0.29, 0.717) is 31.2 Å². The summed E-state index contributed by atoms with van der Waals surface area (Å²) in [7, 11) is 0. The van der Waals surface area contributed by atoms with Gasteiger partial charge in [0.05, 0.1) is 5.92 Å². The molecule has 28 heavy (non-hydrogen) atoms. The van der Waals surface area contributed by atoms with E-state index in [1.54, 1.807) is 29.3 Å². The molecule has 0 aliphatic carbocycles. The predicted octanol–water partition coefficient (Wildman–Crippen LogP) is 2.04. The highest BCUT2D eigenvalue weighted by Crippen LogP contribution is 2.27. The molecule has 2 aromatic rings. The van der Waals surface area contributed by atoms with Gasteiger partial charge in [0.2, 0.25) is 17.7 Å². The lowest BCUT2D eigenvalue weighted by Gasteiger charge is -2.33. The van der Waals surface area contributed by atoms with E-state index in [0.717, 1.165) is 12.8 Å². The first-order valence-electron chi connectivity index (χ1n) is 9.37. The van der Waals surface area contributed by atoms with Crippen LogP contribution in [-0.2, 0) is 9.59 Å². The van der Waals surface area contributed by atoms with Gasteiger partial charge in [-0.1, -0.05) is 0 Å². The van der Waals surface area contributed by atoms with E-state index in [2.05, 4.69) is 9.97 Å². The van der Waals surface area contributed by atoms with E-state index in [1.807, 2.05) is 4.90 Å². The van der Waals surface area contributed by atoms with Crippen molar-refractivity contribution in [2.24, 2.45) is 5.92 Å². The van der Waals surface area contributed by atoms with Crippen molar-refractivity contribution in [3.05, 3.63) is 48.7 Å². The van der Waals surface area contributed by atoms with Crippen molar-refractivity contribution in [2.45, 2.75) is 25.4 Å². The fourth-order valence-corrected chi connectivity index (χ4v) is 3.71. The summed E-state index contributed by atoms with van der Waals surface area (Å²) in [5.74, 6) is -0.284. The third-order valence-electron chi connectivity index (χ3n) is 5.21. The second kappa shape index (κ2) is 7.92. The van der Waals surface area contributed by atoms with E-state index < -0.39 is 0 Å². The predicted molar refractivity (Wildman–Crippen MR) is 99.1 cm³/mol. The summed E-state index contributed by atoms with van der Waals surface area (Å²) in [5, 5.41) is 0. The number of hydrogen-bond donors (Lipinski definition) is 0. The minimum absolute atomic E-state index is 0.00144. The van der Waals surface area contributed by atoms with Crippen LogP contribution in [0.3, 0.4) is 0 Å². The van der Waals surface area contributed by atoms with Gasteiger partial charge in [0.25, 0.3) is 0 Å². The van der Waals surface area contributed by atoms with Gasteiger partial charge in [-0.3, -0.25) is 9.59 Å². The number of rotatable bonds is 4. The maximum Gasteiger partial charge on any atom is 0.228 e. The summed E-state index contributed by atoms with van der Waals surface area (Å²) >= 11 is 0. The van der Waals surface area contributed by atoms with Crippen LogP contribution in [0.1, 0.15) is 19.3 Å². The van der Waals surface area contributed by atoms with E-state index in [9.17, 15) is 14.0 Å². The number of likely N-dealkylation sites (tertiary alicyclic amines) is 1. The first-order valence-corrected chi connectivity index (χ1v) is 9.37. The molecule has 7 nitrogen and oxygen atoms in total. The summed E-state index contributed by atoms with van der Waals surface area (Å²) < 4.78 is 18.9. The molecule has 0 saturated carbocycles. The molecule has 4 rings (SSSR count). The molecule has 2 fully saturated rings. The molecule has 2 saturated heterocycles. The Morgan fingerprint density at radius 3 is 2.57 bits per heavy atom. The Kier molecular flexibility index (Phi) is 5.18. The van der Waals surface area contributed by atoms with Gasteiger partial charge in [-0.05, 0) is 24.3 Å². The van der Waals surface area contributed by atoms with Crippen molar-refractivity contribution < 1.29 is 18.7 Å². The van der Waals surface area contributed by atoms with Crippen LogP contribution in [-0.4, -0.2) is 52.4 Å². The van der Waals surface area contributed by atoms with Gasteiger partial charge < -0.3 is 14.5 Å². The molecule has 8 heteroatoms. The number of ether oxygens (including phenoxy) is 1. The van der Waals surface area contributed by atoms with Crippen LogP contribution in [0.2, 0.25) is 0 Å². The molecule has 2 aliphatic heterocycles. The van der Waals surface area contributed by atoms with Crippen molar-refractivity contribution in [1.82, 2.24) is 14.9 Å². The van der Waals surface area contributed by atoms with Crippen LogP contribution in [0.4, 0.5) is 10.1 Å². The standard InChI is InChI=1S/C20H21FN4O3/c21-15-1-3-16(4-2-15)25-12-14(11-19(25)26)20(27)24-9-6-17(7-10-24)28-18-5-8-22-13-23-18/h1-5,8,13-14,17H,6-7,9-12H2. The molecule has 0 radical (unpaired) electrons. The van der Waals surface area contributed by atoms with Crippen LogP contribution < -0.4 is 9.64 Å². The number of benzene rings is 1. The van der Waals surface area contributed by atoms with Gasteiger partial charge in [-0.15, -0.1) is 0 Å². The molecule has 0 bridgehead atoms. The molecule has 0 N–H and O–H groups in total. The third kappa shape index (κ3) is 3.95. The Bertz CT molecular complexity index is 838. The number of carbonyl (C=O) groups excluding carboxylic acids is 2. The lowest BCUT2D eigenvalue weighted by Crippen LogP contribution is -2.45. The van der Waals surface area contributed by atoms with Crippen molar-refractivity contribution >= 4 is 17.5 Å². The minimum Gasteiger partial charge on any atom is -0.474 e. The van der Waals surface area contributed by atoms with Crippen molar-refractivity contribution in [3.63, 3.8) is 0 Å². The van der Waals surface area contributed by atoms with E-state index in [-0.39, 0.29) is 36.1 Å². The summed E-state index contributed by atoms with van der Waals surface area (Å²) in [4.78, 5) is 36.5. The third-order valence-corrected chi connectivity index (χ3v) is 5.21. The molecule has 2 amide bonds. The molecular formula is C20H21FN4O3. The maximum atomic E-state index is 13.1. The first-order chi connectivity index (χ1) is 13.6. The van der Waals surface area contributed by atoms with Crippen LogP contribution in [0.25, 0.3) is 0 Å². The number of piperidine rings is 1. The van der Waals surface area contributed by atoms with Crippen LogP contribution in [0, 0.1) is 11.7 Å². The molecule has 2 aliphatic rings. The number of nitrogens with zero attached hydrogens (tertiary/aromatic N) is 4. The topological polar surface area (TPSA) is 75.6 Å². The quantitative estimate of drug-likeness (QED) is 0.806. The van der Waals surface area contributed by atoms with Gasteiger partial charge in [0.15, 0.2) is 0 Å². The average molecular weight is 384 g/mol. The Balaban J connectivity index is 1.32. The number of anilines is 1. The van der Waals surface area contributed by atoms with E-state index in [1.165, 1.54) is 18.5 Å². The Hall–Kier alpha value is -3.03. The molecular weight excluding hydrogens is 363 g/mol. The Morgan fingerprint density at radius 1 is 1.14 bits per heavy atom. The van der Waals surface area contributed by atoms with Crippen LogP contribution in [0.15, 0.2) is 42.9 Å². The largest absolute Gasteiger partial charge is 0.474 e. The zero-order valence-corrected chi connectivity index (χ0v) is 15.3. The second-order valence-corrected chi connectivity index (χ2v) is 7.07. The summed E-state index contributed by atoms with van der Waals surface area (Å²) in [6, 6.07) is 7.48. The normalized spacial score (nSPS) is 20.5. The highest BCUT2D eigenvalue weighted by atomic mass is 19.1. The highest BCUT2D eigenvalue weighted by molar-refractivity contribution is 6.00. The Labute approximate surface area is 162 Å². The first kappa shape index (κ1) is 18.3. The van der Waals surface area contributed by atoms with Gasteiger partial charge in [0, 0.05) is 56.8 Å². The smallest absolute Gasteiger partial charge is 0.228 e. The van der Waals surface area contributed by atoms with E-state index in [4.69, 9.17) is 4.74 Å². The van der Waals surface area contributed by atoms with Crippen molar-refractivity contribution in [3.8, 4) is 5.88 Å². The summed E-state index contributed by atoms with van der Waals surface area (Å²) in [5.41, 5.74) is 0.624. The summed E-state index contributed by atoms with van der Waals surface area (Å²) in [6.45, 7) is 1.52. The van der Waals surface area contributed by atoms with E-state index >= 15 is 0 Å². The van der Waals surface area contributed by atoms with Gasteiger partial charge in [-0.2, -0.15) is 0 Å². The number of halogens is 1.